The zero-order valence-corrected chi connectivity index (χ0v) is 15.1. The Morgan fingerprint density at radius 1 is 1.04 bits per heavy atom. The number of carbonyl (C=O) groups is 1. The van der Waals surface area contributed by atoms with Gasteiger partial charge in [-0.1, -0.05) is 48.0 Å². The zero-order valence-electron chi connectivity index (χ0n) is 14.4. The van der Waals surface area contributed by atoms with E-state index in [1.165, 1.54) is 5.56 Å². The van der Waals surface area contributed by atoms with E-state index < -0.39 is 0 Å². The molecule has 3 aromatic rings. The van der Waals surface area contributed by atoms with Crippen LogP contribution in [0.15, 0.2) is 60.7 Å². The Balaban J connectivity index is 1.65. The number of carbonyl (C=O) groups excluding carboxylic acids is 1. The molecule has 0 aliphatic rings. The maximum atomic E-state index is 12.5. The number of hydrogen-bond donors (Lipinski definition) is 2. The first-order chi connectivity index (χ1) is 12.6. The minimum Gasteiger partial charge on any atom is -0.354 e. The molecule has 2 N–H and O–H groups in total. The SMILES string of the molecule is Cc1cc(C(=O)Nc2cccc(Cl)c2)nc(NCCc2ccccc2)n1. The molecule has 0 saturated carbocycles. The molecule has 1 aromatic heterocycles. The molecule has 0 spiro atoms. The maximum absolute atomic E-state index is 12.5. The van der Waals surface area contributed by atoms with Gasteiger partial charge in [0.25, 0.3) is 5.91 Å². The lowest BCUT2D eigenvalue weighted by Crippen LogP contribution is -2.16. The summed E-state index contributed by atoms with van der Waals surface area (Å²) in [5.74, 6) is 0.140. The fourth-order valence-electron chi connectivity index (χ4n) is 2.49. The number of aromatic nitrogens is 2. The highest BCUT2D eigenvalue weighted by atomic mass is 35.5. The second kappa shape index (κ2) is 8.45. The second-order valence-corrected chi connectivity index (χ2v) is 6.28. The van der Waals surface area contributed by atoms with Crippen molar-refractivity contribution in [3.8, 4) is 0 Å². The van der Waals surface area contributed by atoms with E-state index in [9.17, 15) is 4.79 Å². The lowest BCUT2D eigenvalue weighted by atomic mass is 10.1. The molecule has 0 atom stereocenters. The third-order valence-electron chi connectivity index (χ3n) is 3.71. The van der Waals surface area contributed by atoms with Crippen LogP contribution in [0.5, 0.6) is 0 Å². The Bertz CT molecular complexity index is 899. The van der Waals surface area contributed by atoms with Crippen molar-refractivity contribution >= 4 is 29.1 Å². The van der Waals surface area contributed by atoms with Crippen molar-refractivity contribution in [2.75, 3.05) is 17.2 Å². The van der Waals surface area contributed by atoms with Gasteiger partial charge in [0.2, 0.25) is 5.95 Å². The summed E-state index contributed by atoms with van der Waals surface area (Å²) in [6, 6.07) is 18.8. The predicted octanol–water partition coefficient (Wildman–Crippen LogP) is 4.35. The minimum absolute atomic E-state index is 0.302. The number of nitrogens with one attached hydrogen (secondary N) is 2. The lowest BCUT2D eigenvalue weighted by Gasteiger charge is -2.09. The minimum atomic E-state index is -0.302. The molecule has 6 heteroatoms. The molecule has 26 heavy (non-hydrogen) atoms. The number of halogens is 1. The van der Waals surface area contributed by atoms with E-state index in [2.05, 4.69) is 32.7 Å². The Morgan fingerprint density at radius 3 is 2.62 bits per heavy atom. The largest absolute Gasteiger partial charge is 0.354 e. The molecule has 0 aliphatic heterocycles. The number of hydrogen-bond acceptors (Lipinski definition) is 4. The van der Waals surface area contributed by atoms with Gasteiger partial charge in [0.15, 0.2) is 0 Å². The summed E-state index contributed by atoms with van der Waals surface area (Å²) in [5, 5.41) is 6.53. The Labute approximate surface area is 157 Å². The highest BCUT2D eigenvalue weighted by Crippen LogP contribution is 2.16. The maximum Gasteiger partial charge on any atom is 0.274 e. The first kappa shape index (κ1) is 17.9. The molecule has 0 aliphatic carbocycles. The third kappa shape index (κ3) is 5.04. The highest BCUT2D eigenvalue weighted by molar-refractivity contribution is 6.30. The summed E-state index contributed by atoms with van der Waals surface area (Å²) in [7, 11) is 0. The second-order valence-electron chi connectivity index (χ2n) is 5.85. The first-order valence-electron chi connectivity index (χ1n) is 8.30. The zero-order chi connectivity index (χ0) is 18.4. The number of rotatable bonds is 6. The summed E-state index contributed by atoms with van der Waals surface area (Å²) in [6.07, 6.45) is 0.849. The molecule has 5 nitrogen and oxygen atoms in total. The molecule has 132 valence electrons. The molecule has 0 radical (unpaired) electrons. The Morgan fingerprint density at radius 2 is 1.85 bits per heavy atom. The average Bonchev–Trinajstić information content (AvgIpc) is 2.62. The third-order valence-corrected chi connectivity index (χ3v) is 3.94. The molecule has 0 saturated heterocycles. The van der Waals surface area contributed by atoms with Crippen LogP contribution in [0, 0.1) is 6.92 Å². The van der Waals surface area contributed by atoms with Gasteiger partial charge in [-0.2, -0.15) is 0 Å². The number of aryl methyl sites for hydroxylation is 1. The predicted molar refractivity (Wildman–Crippen MR) is 105 cm³/mol. The van der Waals surface area contributed by atoms with Crippen molar-refractivity contribution in [2.24, 2.45) is 0 Å². The molecular formula is C20H19ClN4O. The van der Waals surface area contributed by atoms with Gasteiger partial charge in [-0.3, -0.25) is 4.79 Å². The molecule has 2 aromatic carbocycles. The monoisotopic (exact) mass is 366 g/mol. The van der Waals surface area contributed by atoms with Crippen molar-refractivity contribution in [3.63, 3.8) is 0 Å². The van der Waals surface area contributed by atoms with Crippen LogP contribution in [-0.4, -0.2) is 22.4 Å². The van der Waals surface area contributed by atoms with Crippen LogP contribution < -0.4 is 10.6 Å². The first-order valence-corrected chi connectivity index (χ1v) is 8.68. The lowest BCUT2D eigenvalue weighted by molar-refractivity contribution is 0.102. The van der Waals surface area contributed by atoms with Gasteiger partial charge in [0, 0.05) is 22.9 Å². The van der Waals surface area contributed by atoms with Gasteiger partial charge >= 0.3 is 0 Å². The number of anilines is 2. The van der Waals surface area contributed by atoms with Crippen molar-refractivity contribution in [1.82, 2.24) is 9.97 Å². The average molecular weight is 367 g/mol. The molecular weight excluding hydrogens is 348 g/mol. The quantitative estimate of drug-likeness (QED) is 0.680. The summed E-state index contributed by atoms with van der Waals surface area (Å²) in [6.45, 7) is 2.52. The van der Waals surface area contributed by atoms with Crippen molar-refractivity contribution < 1.29 is 4.79 Å². The van der Waals surface area contributed by atoms with Crippen LogP contribution in [0.2, 0.25) is 5.02 Å². The van der Waals surface area contributed by atoms with Gasteiger partial charge < -0.3 is 10.6 Å². The van der Waals surface area contributed by atoms with Gasteiger partial charge in [-0.05, 0) is 43.2 Å². The van der Waals surface area contributed by atoms with Crippen LogP contribution in [0.1, 0.15) is 21.7 Å². The highest BCUT2D eigenvalue weighted by Gasteiger charge is 2.11. The van der Waals surface area contributed by atoms with Crippen LogP contribution in [0.3, 0.4) is 0 Å². The standard InChI is InChI=1S/C20H19ClN4O/c1-14-12-18(19(26)24-17-9-5-8-16(21)13-17)25-20(23-14)22-11-10-15-6-3-2-4-7-15/h2-9,12-13H,10-11H2,1H3,(H,24,26)(H,22,23,25). The van der Waals surface area contributed by atoms with Gasteiger partial charge in [0.05, 0.1) is 0 Å². The van der Waals surface area contributed by atoms with Gasteiger partial charge in [0.1, 0.15) is 5.69 Å². The fraction of sp³-hybridized carbons (Fsp3) is 0.150. The Kier molecular flexibility index (Phi) is 5.81. The van der Waals surface area contributed by atoms with Crippen molar-refractivity contribution in [2.45, 2.75) is 13.3 Å². The molecule has 0 fully saturated rings. The van der Waals surface area contributed by atoms with E-state index in [1.54, 1.807) is 30.3 Å². The topological polar surface area (TPSA) is 66.9 Å². The summed E-state index contributed by atoms with van der Waals surface area (Å²) >= 11 is 5.95. The van der Waals surface area contributed by atoms with Crippen LogP contribution in [-0.2, 0) is 6.42 Å². The van der Waals surface area contributed by atoms with E-state index in [4.69, 9.17) is 11.6 Å². The molecule has 3 rings (SSSR count). The number of nitrogens with zero attached hydrogens (tertiary/aromatic N) is 2. The number of amides is 1. The van der Waals surface area contributed by atoms with E-state index in [1.807, 2.05) is 25.1 Å². The van der Waals surface area contributed by atoms with E-state index in [-0.39, 0.29) is 5.91 Å². The molecule has 0 unspecified atom stereocenters. The van der Waals surface area contributed by atoms with Crippen LogP contribution >= 0.6 is 11.6 Å². The van der Waals surface area contributed by atoms with Crippen LogP contribution in [0.25, 0.3) is 0 Å². The van der Waals surface area contributed by atoms with Gasteiger partial charge in [-0.25, -0.2) is 9.97 Å². The van der Waals surface area contributed by atoms with E-state index in [0.29, 0.717) is 28.9 Å². The number of benzene rings is 2. The Hall–Kier alpha value is -2.92. The smallest absolute Gasteiger partial charge is 0.274 e. The van der Waals surface area contributed by atoms with Crippen LogP contribution in [0.4, 0.5) is 11.6 Å². The van der Waals surface area contributed by atoms with E-state index in [0.717, 1.165) is 12.1 Å². The molecule has 0 bridgehead atoms. The van der Waals surface area contributed by atoms with E-state index >= 15 is 0 Å². The molecule has 1 heterocycles. The summed E-state index contributed by atoms with van der Waals surface area (Å²) < 4.78 is 0. The van der Waals surface area contributed by atoms with Crippen molar-refractivity contribution in [3.05, 3.63) is 82.6 Å². The summed E-state index contributed by atoms with van der Waals surface area (Å²) in [5.41, 5.74) is 2.88. The summed E-state index contributed by atoms with van der Waals surface area (Å²) in [4.78, 5) is 21.1. The normalized spacial score (nSPS) is 10.4. The fourth-order valence-corrected chi connectivity index (χ4v) is 2.68. The molecule has 1 amide bonds. The van der Waals surface area contributed by atoms with Crippen molar-refractivity contribution in [1.29, 1.82) is 0 Å². The van der Waals surface area contributed by atoms with Gasteiger partial charge in [-0.15, -0.1) is 0 Å².